The Morgan fingerprint density at radius 3 is 2.96 bits per heavy atom. The molecule has 1 N–H and O–H groups in total. The predicted molar refractivity (Wildman–Crippen MR) is 82.0 cm³/mol. The van der Waals surface area contributed by atoms with Crippen molar-refractivity contribution in [1.29, 1.82) is 0 Å². The Kier molecular flexibility index (Phi) is 4.04. The number of amides is 2. The molecular formula is C12H10N6O5S. The molecule has 0 spiro atoms. The van der Waals surface area contributed by atoms with E-state index in [2.05, 4.69) is 20.5 Å². The van der Waals surface area contributed by atoms with Gasteiger partial charge in [0.1, 0.15) is 11.6 Å². The zero-order valence-electron chi connectivity index (χ0n) is 12.3. The summed E-state index contributed by atoms with van der Waals surface area (Å²) in [5, 5.41) is 21.8. The van der Waals surface area contributed by atoms with Crippen LogP contribution in [-0.4, -0.2) is 45.1 Å². The Hall–Kier alpha value is -3.15. The van der Waals surface area contributed by atoms with E-state index < -0.39 is 22.6 Å². The molecule has 3 heterocycles. The van der Waals surface area contributed by atoms with E-state index >= 15 is 0 Å². The van der Waals surface area contributed by atoms with E-state index in [1.54, 1.807) is 6.92 Å². The standard InChI is InChI=1S/C12H10N6O5S/c1-6-15-16-12(24-6)14-9(19)4-17-10(20)5-23-7-2-3-8(18(21)22)13-11(7)17/h2-3H,4-5H2,1H3,(H,14,16,19). The van der Waals surface area contributed by atoms with Crippen LogP contribution in [0.2, 0.25) is 0 Å². The van der Waals surface area contributed by atoms with E-state index in [0.29, 0.717) is 10.1 Å². The minimum Gasteiger partial charge on any atom is -0.477 e. The van der Waals surface area contributed by atoms with Crippen LogP contribution in [0.15, 0.2) is 12.1 Å². The van der Waals surface area contributed by atoms with Crippen molar-refractivity contribution in [3.63, 3.8) is 0 Å². The van der Waals surface area contributed by atoms with Gasteiger partial charge in [0.15, 0.2) is 12.4 Å². The molecule has 2 aromatic heterocycles. The lowest BCUT2D eigenvalue weighted by Gasteiger charge is -2.24. The first kappa shape index (κ1) is 15.7. The first-order valence-electron chi connectivity index (χ1n) is 6.62. The average Bonchev–Trinajstić information content (AvgIpc) is 2.94. The summed E-state index contributed by atoms with van der Waals surface area (Å²) in [6.07, 6.45) is 0. The number of nitrogens with one attached hydrogen (secondary N) is 1. The van der Waals surface area contributed by atoms with E-state index in [9.17, 15) is 19.7 Å². The van der Waals surface area contributed by atoms with Gasteiger partial charge in [0.25, 0.3) is 11.7 Å². The summed E-state index contributed by atoms with van der Waals surface area (Å²) >= 11 is 1.18. The third-order valence-electron chi connectivity index (χ3n) is 2.99. The van der Waals surface area contributed by atoms with Crippen molar-refractivity contribution in [1.82, 2.24) is 15.2 Å². The van der Waals surface area contributed by atoms with Crippen molar-refractivity contribution in [3.8, 4) is 5.75 Å². The number of carbonyl (C=O) groups excluding carboxylic acids is 2. The molecule has 11 nitrogen and oxygen atoms in total. The number of hydrogen-bond acceptors (Lipinski definition) is 9. The number of nitrogens with zero attached hydrogens (tertiary/aromatic N) is 5. The first-order chi connectivity index (χ1) is 11.4. The Bertz CT molecular complexity index is 837. The van der Waals surface area contributed by atoms with E-state index in [4.69, 9.17) is 4.74 Å². The van der Waals surface area contributed by atoms with Crippen LogP contribution in [0.25, 0.3) is 0 Å². The van der Waals surface area contributed by atoms with Gasteiger partial charge in [0.05, 0.1) is 0 Å². The first-order valence-corrected chi connectivity index (χ1v) is 7.44. The summed E-state index contributed by atoms with van der Waals surface area (Å²) in [5.41, 5.74) is 0. The van der Waals surface area contributed by atoms with Gasteiger partial charge in [0, 0.05) is 6.07 Å². The van der Waals surface area contributed by atoms with Crippen LogP contribution in [0.4, 0.5) is 16.8 Å². The summed E-state index contributed by atoms with van der Waals surface area (Å²) in [6, 6.07) is 2.50. The second-order valence-corrected chi connectivity index (χ2v) is 5.87. The maximum atomic E-state index is 12.1. The van der Waals surface area contributed by atoms with Crippen LogP contribution in [0.5, 0.6) is 5.75 Å². The Morgan fingerprint density at radius 2 is 2.29 bits per heavy atom. The second-order valence-electron chi connectivity index (χ2n) is 4.69. The number of aryl methyl sites for hydroxylation is 1. The predicted octanol–water partition coefficient (Wildman–Crippen LogP) is 0.514. The number of anilines is 2. The van der Waals surface area contributed by atoms with Crippen LogP contribution in [0.1, 0.15) is 5.01 Å². The summed E-state index contributed by atoms with van der Waals surface area (Å²) < 4.78 is 5.18. The minimum atomic E-state index is -0.693. The van der Waals surface area contributed by atoms with Crippen LogP contribution in [0, 0.1) is 17.0 Å². The van der Waals surface area contributed by atoms with Crippen molar-refractivity contribution in [2.45, 2.75) is 6.92 Å². The van der Waals surface area contributed by atoms with Gasteiger partial charge in [-0.2, -0.15) is 0 Å². The molecule has 12 heteroatoms. The number of rotatable bonds is 4. The van der Waals surface area contributed by atoms with E-state index in [1.807, 2.05) is 0 Å². The summed E-state index contributed by atoms with van der Waals surface area (Å²) in [4.78, 5) is 39.1. The quantitative estimate of drug-likeness (QED) is 0.621. The largest absolute Gasteiger partial charge is 0.477 e. The Balaban J connectivity index is 1.82. The summed E-state index contributed by atoms with van der Waals surface area (Å²) in [6.45, 7) is 1.08. The molecule has 1 aliphatic heterocycles. The maximum Gasteiger partial charge on any atom is 0.366 e. The van der Waals surface area contributed by atoms with Crippen molar-refractivity contribution >= 4 is 39.9 Å². The van der Waals surface area contributed by atoms with E-state index in [1.165, 1.54) is 17.4 Å². The molecule has 2 aromatic rings. The maximum absolute atomic E-state index is 12.1. The molecule has 0 bridgehead atoms. The molecule has 0 saturated carbocycles. The van der Waals surface area contributed by atoms with Crippen LogP contribution >= 0.6 is 11.3 Å². The van der Waals surface area contributed by atoms with E-state index in [-0.39, 0.29) is 24.7 Å². The molecule has 2 amide bonds. The van der Waals surface area contributed by atoms with Gasteiger partial charge in [0.2, 0.25) is 11.0 Å². The highest BCUT2D eigenvalue weighted by atomic mass is 32.1. The van der Waals surface area contributed by atoms with Gasteiger partial charge >= 0.3 is 5.82 Å². The van der Waals surface area contributed by atoms with Gasteiger partial charge in [-0.15, -0.1) is 10.2 Å². The molecule has 24 heavy (non-hydrogen) atoms. The Labute approximate surface area is 138 Å². The molecule has 0 atom stereocenters. The monoisotopic (exact) mass is 350 g/mol. The second kappa shape index (κ2) is 6.16. The highest BCUT2D eigenvalue weighted by Gasteiger charge is 2.33. The third-order valence-corrected chi connectivity index (χ3v) is 3.75. The molecule has 124 valence electrons. The van der Waals surface area contributed by atoms with Crippen molar-refractivity contribution in [2.24, 2.45) is 0 Å². The van der Waals surface area contributed by atoms with Crippen LogP contribution in [-0.2, 0) is 9.59 Å². The van der Waals surface area contributed by atoms with Crippen molar-refractivity contribution in [3.05, 3.63) is 27.3 Å². The van der Waals surface area contributed by atoms with Gasteiger partial charge in [-0.05, 0) is 22.9 Å². The number of ether oxygens (including phenoxy) is 1. The number of carbonyl (C=O) groups is 2. The zero-order valence-corrected chi connectivity index (χ0v) is 13.1. The number of nitro groups is 1. The third kappa shape index (κ3) is 3.12. The van der Waals surface area contributed by atoms with Gasteiger partial charge in [-0.1, -0.05) is 11.3 Å². The van der Waals surface area contributed by atoms with Gasteiger partial charge in [-0.3, -0.25) is 19.8 Å². The topological polar surface area (TPSA) is 140 Å². The molecule has 0 aromatic carbocycles. The van der Waals surface area contributed by atoms with Crippen molar-refractivity contribution < 1.29 is 19.2 Å². The van der Waals surface area contributed by atoms with Crippen LogP contribution in [0.3, 0.4) is 0 Å². The lowest BCUT2D eigenvalue weighted by molar-refractivity contribution is -0.389. The smallest absolute Gasteiger partial charge is 0.366 e. The number of pyridine rings is 1. The summed E-state index contributed by atoms with van der Waals surface area (Å²) in [7, 11) is 0. The average molecular weight is 350 g/mol. The molecule has 1 aliphatic rings. The molecule has 0 fully saturated rings. The molecule has 0 radical (unpaired) electrons. The summed E-state index contributed by atoms with van der Waals surface area (Å²) in [5.74, 6) is -1.37. The van der Waals surface area contributed by atoms with Gasteiger partial charge < -0.3 is 14.9 Å². The lowest BCUT2D eigenvalue weighted by atomic mass is 10.3. The van der Waals surface area contributed by atoms with Crippen LogP contribution < -0.4 is 15.0 Å². The number of fused-ring (bicyclic) bond motifs is 1. The number of hydrogen-bond donors (Lipinski definition) is 1. The molecule has 3 rings (SSSR count). The molecular weight excluding hydrogens is 340 g/mol. The van der Waals surface area contributed by atoms with Gasteiger partial charge in [-0.25, -0.2) is 0 Å². The number of aromatic nitrogens is 3. The fraction of sp³-hybridized carbons (Fsp3) is 0.250. The highest BCUT2D eigenvalue weighted by Crippen LogP contribution is 2.31. The minimum absolute atomic E-state index is 0.0657. The fourth-order valence-electron chi connectivity index (χ4n) is 1.98. The normalized spacial score (nSPS) is 13.2. The van der Waals surface area contributed by atoms with Crippen molar-refractivity contribution in [2.75, 3.05) is 23.4 Å². The highest BCUT2D eigenvalue weighted by molar-refractivity contribution is 7.15. The molecule has 0 saturated heterocycles. The fourth-order valence-corrected chi connectivity index (χ4v) is 2.59. The van der Waals surface area contributed by atoms with E-state index in [0.717, 1.165) is 11.0 Å². The molecule has 0 aliphatic carbocycles. The lowest BCUT2D eigenvalue weighted by Crippen LogP contribution is -2.44. The molecule has 0 unspecified atom stereocenters. The SMILES string of the molecule is Cc1nnc(NC(=O)CN2C(=O)COc3ccc([N+](=O)[O-])nc32)s1. The zero-order chi connectivity index (χ0) is 17.3. The Morgan fingerprint density at radius 1 is 1.50 bits per heavy atom.